The fourth-order valence-electron chi connectivity index (χ4n) is 1.04. The van der Waals surface area contributed by atoms with Crippen LogP contribution in [0.2, 0.25) is 0 Å². The third kappa shape index (κ3) is 3.84. The topological polar surface area (TPSA) is 38.3 Å². The molecule has 0 bridgehead atoms. The first-order valence-corrected chi connectivity index (χ1v) is 4.85. The average Bonchev–Trinajstić information content (AvgIpc) is 2.16. The highest BCUT2D eigenvalue weighted by Crippen LogP contribution is 2.19. The third-order valence-electron chi connectivity index (χ3n) is 1.85. The molecule has 1 aromatic rings. The standard InChI is InChI=1S/C11H13F2NO2/c1-7(2)10(15)14-8-4-3-5-9(6-8)16-11(12)13/h3-7,11H,1-2H3,(H,14,15). The van der Waals surface area contributed by atoms with Crippen LogP contribution in [-0.4, -0.2) is 12.5 Å². The Morgan fingerprint density at radius 2 is 2.06 bits per heavy atom. The first kappa shape index (κ1) is 12.4. The van der Waals surface area contributed by atoms with Crippen LogP contribution in [0.25, 0.3) is 0 Å². The number of ether oxygens (including phenoxy) is 1. The van der Waals surface area contributed by atoms with Gasteiger partial charge in [0.1, 0.15) is 5.75 Å². The van der Waals surface area contributed by atoms with Crippen molar-refractivity contribution in [3.05, 3.63) is 24.3 Å². The number of benzene rings is 1. The molecule has 0 radical (unpaired) electrons. The Kier molecular flexibility index (Phi) is 4.22. The molecule has 0 unspecified atom stereocenters. The molecule has 0 aromatic heterocycles. The average molecular weight is 229 g/mol. The molecule has 16 heavy (non-hydrogen) atoms. The molecule has 5 heteroatoms. The number of nitrogens with one attached hydrogen (secondary N) is 1. The van der Waals surface area contributed by atoms with Crippen LogP contribution < -0.4 is 10.1 Å². The van der Waals surface area contributed by atoms with Crippen molar-refractivity contribution in [3.63, 3.8) is 0 Å². The number of amides is 1. The Hall–Kier alpha value is -1.65. The highest BCUT2D eigenvalue weighted by Gasteiger charge is 2.08. The molecule has 0 aliphatic rings. The first-order chi connectivity index (χ1) is 7.49. The normalized spacial score (nSPS) is 10.6. The van der Waals surface area contributed by atoms with Crippen molar-refractivity contribution in [1.29, 1.82) is 0 Å². The zero-order valence-electron chi connectivity index (χ0n) is 9.04. The van der Waals surface area contributed by atoms with E-state index in [1.165, 1.54) is 18.2 Å². The summed E-state index contributed by atoms with van der Waals surface area (Å²) in [6.45, 7) is 0.625. The van der Waals surface area contributed by atoms with Crippen LogP contribution in [0.15, 0.2) is 24.3 Å². The summed E-state index contributed by atoms with van der Waals surface area (Å²) < 4.78 is 28.1. The summed E-state index contributed by atoms with van der Waals surface area (Å²) in [4.78, 5) is 11.3. The van der Waals surface area contributed by atoms with E-state index in [1.54, 1.807) is 19.9 Å². The molecule has 1 N–H and O–H groups in total. The van der Waals surface area contributed by atoms with Crippen LogP contribution in [0.1, 0.15) is 13.8 Å². The maximum Gasteiger partial charge on any atom is 0.387 e. The lowest BCUT2D eigenvalue weighted by atomic mass is 10.2. The maximum atomic E-state index is 11.9. The smallest absolute Gasteiger partial charge is 0.387 e. The molecule has 0 aliphatic heterocycles. The van der Waals surface area contributed by atoms with Gasteiger partial charge in [0.15, 0.2) is 0 Å². The monoisotopic (exact) mass is 229 g/mol. The van der Waals surface area contributed by atoms with Gasteiger partial charge in [-0.2, -0.15) is 8.78 Å². The van der Waals surface area contributed by atoms with E-state index in [-0.39, 0.29) is 17.6 Å². The van der Waals surface area contributed by atoms with Crippen LogP contribution in [-0.2, 0) is 4.79 Å². The number of carbonyl (C=O) groups is 1. The molecule has 1 aromatic carbocycles. The van der Waals surface area contributed by atoms with Crippen molar-refractivity contribution in [2.24, 2.45) is 5.92 Å². The summed E-state index contributed by atoms with van der Waals surface area (Å²) in [5, 5.41) is 2.59. The van der Waals surface area contributed by atoms with Gasteiger partial charge in [-0.15, -0.1) is 0 Å². The van der Waals surface area contributed by atoms with Gasteiger partial charge in [0.05, 0.1) is 0 Å². The van der Waals surface area contributed by atoms with E-state index in [2.05, 4.69) is 10.1 Å². The van der Waals surface area contributed by atoms with Crippen molar-refractivity contribution < 1.29 is 18.3 Å². The minimum atomic E-state index is -2.86. The molecule has 0 saturated carbocycles. The van der Waals surface area contributed by atoms with Gasteiger partial charge in [0, 0.05) is 17.7 Å². The number of rotatable bonds is 4. The van der Waals surface area contributed by atoms with Crippen LogP contribution in [0.5, 0.6) is 5.75 Å². The van der Waals surface area contributed by atoms with Crippen molar-refractivity contribution in [2.75, 3.05) is 5.32 Å². The Morgan fingerprint density at radius 3 is 2.62 bits per heavy atom. The summed E-state index contributed by atoms with van der Waals surface area (Å²) in [6, 6.07) is 5.90. The van der Waals surface area contributed by atoms with Crippen molar-refractivity contribution in [2.45, 2.75) is 20.5 Å². The van der Waals surface area contributed by atoms with Gasteiger partial charge in [-0.3, -0.25) is 4.79 Å². The fraction of sp³-hybridized carbons (Fsp3) is 0.364. The lowest BCUT2D eigenvalue weighted by molar-refractivity contribution is -0.118. The van der Waals surface area contributed by atoms with Crippen molar-refractivity contribution in [1.82, 2.24) is 0 Å². The number of anilines is 1. The SMILES string of the molecule is CC(C)C(=O)Nc1cccc(OC(F)F)c1. The molecule has 88 valence electrons. The summed E-state index contributed by atoms with van der Waals surface area (Å²) >= 11 is 0. The molecule has 0 heterocycles. The molecule has 1 amide bonds. The van der Waals surface area contributed by atoms with E-state index in [9.17, 15) is 13.6 Å². The maximum absolute atomic E-state index is 11.9. The highest BCUT2D eigenvalue weighted by molar-refractivity contribution is 5.92. The number of alkyl halides is 2. The van der Waals surface area contributed by atoms with E-state index < -0.39 is 6.61 Å². The Labute approximate surface area is 92.4 Å². The molecule has 0 atom stereocenters. The Bertz CT molecular complexity index is 367. The molecule has 0 fully saturated rings. The Morgan fingerprint density at radius 1 is 1.38 bits per heavy atom. The van der Waals surface area contributed by atoms with Crippen molar-refractivity contribution >= 4 is 11.6 Å². The van der Waals surface area contributed by atoms with E-state index in [0.29, 0.717) is 5.69 Å². The minimum absolute atomic E-state index is 0.0246. The number of halogens is 2. The summed E-state index contributed by atoms with van der Waals surface area (Å²) in [7, 11) is 0. The zero-order chi connectivity index (χ0) is 12.1. The summed E-state index contributed by atoms with van der Waals surface area (Å²) in [6.07, 6.45) is 0. The lowest BCUT2D eigenvalue weighted by Crippen LogP contribution is -2.17. The molecular formula is C11H13F2NO2. The quantitative estimate of drug-likeness (QED) is 0.862. The number of carbonyl (C=O) groups excluding carboxylic acids is 1. The second kappa shape index (κ2) is 5.44. The zero-order valence-corrected chi connectivity index (χ0v) is 9.04. The second-order valence-electron chi connectivity index (χ2n) is 3.55. The van der Waals surface area contributed by atoms with Gasteiger partial charge in [0.2, 0.25) is 5.91 Å². The number of hydrogen-bond acceptors (Lipinski definition) is 2. The molecular weight excluding hydrogens is 216 g/mol. The van der Waals surface area contributed by atoms with E-state index in [4.69, 9.17) is 0 Å². The lowest BCUT2D eigenvalue weighted by Gasteiger charge is -2.09. The predicted molar refractivity (Wildman–Crippen MR) is 56.5 cm³/mol. The van der Waals surface area contributed by atoms with Gasteiger partial charge in [-0.1, -0.05) is 19.9 Å². The predicted octanol–water partition coefficient (Wildman–Crippen LogP) is 2.88. The largest absolute Gasteiger partial charge is 0.435 e. The summed E-state index contributed by atoms with van der Waals surface area (Å²) in [5.41, 5.74) is 0.442. The number of hydrogen-bond donors (Lipinski definition) is 1. The first-order valence-electron chi connectivity index (χ1n) is 4.85. The van der Waals surface area contributed by atoms with Gasteiger partial charge < -0.3 is 10.1 Å². The molecule has 0 saturated heterocycles. The van der Waals surface area contributed by atoms with Gasteiger partial charge >= 0.3 is 6.61 Å². The molecule has 0 spiro atoms. The molecule has 1 rings (SSSR count). The minimum Gasteiger partial charge on any atom is -0.435 e. The van der Waals surface area contributed by atoms with Gasteiger partial charge in [0.25, 0.3) is 0 Å². The van der Waals surface area contributed by atoms with Gasteiger partial charge in [-0.25, -0.2) is 0 Å². The third-order valence-corrected chi connectivity index (χ3v) is 1.85. The summed E-state index contributed by atoms with van der Waals surface area (Å²) in [5.74, 6) is -0.314. The van der Waals surface area contributed by atoms with Crippen molar-refractivity contribution in [3.8, 4) is 5.75 Å². The highest BCUT2D eigenvalue weighted by atomic mass is 19.3. The van der Waals surface area contributed by atoms with Crippen LogP contribution in [0.3, 0.4) is 0 Å². The fourth-order valence-corrected chi connectivity index (χ4v) is 1.04. The van der Waals surface area contributed by atoms with E-state index in [0.717, 1.165) is 0 Å². The van der Waals surface area contributed by atoms with E-state index >= 15 is 0 Å². The second-order valence-corrected chi connectivity index (χ2v) is 3.55. The molecule has 0 aliphatic carbocycles. The molecule has 3 nitrogen and oxygen atoms in total. The Balaban J connectivity index is 2.71. The van der Waals surface area contributed by atoms with E-state index in [1.807, 2.05) is 0 Å². The van der Waals surface area contributed by atoms with Crippen LogP contribution in [0, 0.1) is 5.92 Å². The van der Waals surface area contributed by atoms with Gasteiger partial charge in [-0.05, 0) is 12.1 Å². The van der Waals surface area contributed by atoms with Crippen LogP contribution in [0.4, 0.5) is 14.5 Å². The van der Waals surface area contributed by atoms with Crippen LogP contribution >= 0.6 is 0 Å².